The van der Waals surface area contributed by atoms with E-state index in [1.807, 2.05) is 0 Å². The van der Waals surface area contributed by atoms with Crippen LogP contribution in [0.15, 0.2) is 0 Å². The van der Waals surface area contributed by atoms with Crippen molar-refractivity contribution < 1.29 is 29.0 Å². The zero-order chi connectivity index (χ0) is 11.5. The van der Waals surface area contributed by atoms with E-state index in [-0.39, 0.29) is 45.2 Å². The molecule has 0 radical (unpaired) electrons. The summed E-state index contributed by atoms with van der Waals surface area (Å²) in [6.07, 6.45) is -0.0569. The molecule has 0 aliphatic heterocycles. The Morgan fingerprint density at radius 1 is 1.27 bits per heavy atom. The largest absolute Gasteiger partial charge is 0.481 e. The molecule has 0 spiro atoms. The summed E-state index contributed by atoms with van der Waals surface area (Å²) in [7, 11) is 0. The van der Waals surface area contributed by atoms with Crippen LogP contribution in [0.1, 0.15) is 6.42 Å². The second-order valence-electron chi connectivity index (χ2n) is 2.65. The molecule has 7 heteroatoms. The number of carbonyl (C=O) groups is 3. The molecule has 0 fully saturated rings. The lowest BCUT2D eigenvalue weighted by molar-refractivity contribution is -0.137. The van der Waals surface area contributed by atoms with Gasteiger partial charge in [0.25, 0.3) is 12.9 Å². The van der Waals surface area contributed by atoms with E-state index >= 15 is 0 Å². The first-order chi connectivity index (χ1) is 7.20. The number of carboxylic acids is 1. The van der Waals surface area contributed by atoms with Gasteiger partial charge in [-0.1, -0.05) is 0 Å². The highest BCUT2D eigenvalue weighted by Gasteiger charge is 2.09. The average Bonchev–Trinajstić information content (AvgIpc) is 2.20. The van der Waals surface area contributed by atoms with E-state index in [0.717, 1.165) is 0 Å². The zero-order valence-electron chi connectivity index (χ0n) is 8.05. The molecule has 0 saturated heterocycles. The molecule has 0 aromatic carbocycles. The molecule has 0 bridgehead atoms. The third-order valence-corrected chi connectivity index (χ3v) is 1.50. The van der Waals surface area contributed by atoms with Crippen LogP contribution in [0, 0.1) is 0 Å². The molecule has 0 saturated carbocycles. The Kier molecular flexibility index (Phi) is 7.97. The van der Waals surface area contributed by atoms with Crippen LogP contribution in [0.2, 0.25) is 0 Å². The molecule has 7 nitrogen and oxygen atoms in total. The van der Waals surface area contributed by atoms with Crippen molar-refractivity contribution in [3.05, 3.63) is 0 Å². The molecule has 0 aliphatic carbocycles. The first kappa shape index (κ1) is 13.4. The number of hydrogen-bond donors (Lipinski definition) is 2. The molecule has 2 N–H and O–H groups in total. The Labute approximate surface area is 86.3 Å². The average molecular weight is 219 g/mol. The fourth-order valence-corrected chi connectivity index (χ4v) is 0.860. The molecule has 0 amide bonds. The molecule has 15 heavy (non-hydrogen) atoms. The summed E-state index contributed by atoms with van der Waals surface area (Å²) in [4.78, 5) is 30.0. The van der Waals surface area contributed by atoms with E-state index in [2.05, 4.69) is 14.8 Å². The highest BCUT2D eigenvalue weighted by molar-refractivity contribution is 5.66. The fourth-order valence-electron chi connectivity index (χ4n) is 0.860. The number of ether oxygens (including phenoxy) is 2. The molecule has 0 aliphatic rings. The van der Waals surface area contributed by atoms with E-state index in [0.29, 0.717) is 0 Å². The van der Waals surface area contributed by atoms with Gasteiger partial charge in [0.2, 0.25) is 0 Å². The van der Waals surface area contributed by atoms with Crippen molar-refractivity contribution in [3.8, 4) is 0 Å². The lowest BCUT2D eigenvalue weighted by Gasteiger charge is -2.15. The van der Waals surface area contributed by atoms with Gasteiger partial charge in [-0.25, -0.2) is 0 Å². The third kappa shape index (κ3) is 8.69. The van der Waals surface area contributed by atoms with Gasteiger partial charge in [0, 0.05) is 6.54 Å². The maximum atomic E-state index is 10.2. The minimum absolute atomic E-state index is 0.0248. The Morgan fingerprint density at radius 3 is 2.20 bits per heavy atom. The van der Waals surface area contributed by atoms with Crippen LogP contribution in [-0.2, 0) is 23.9 Å². The molecule has 0 aromatic heterocycles. The van der Waals surface area contributed by atoms with Gasteiger partial charge in [-0.05, 0) is 0 Å². The van der Waals surface area contributed by atoms with Crippen molar-refractivity contribution in [2.24, 2.45) is 0 Å². The number of rotatable bonds is 10. The van der Waals surface area contributed by atoms with Crippen molar-refractivity contribution in [1.82, 2.24) is 5.32 Å². The van der Waals surface area contributed by atoms with E-state index < -0.39 is 5.97 Å². The monoisotopic (exact) mass is 219 g/mol. The van der Waals surface area contributed by atoms with Gasteiger partial charge in [-0.15, -0.1) is 0 Å². The number of hydrogen-bond acceptors (Lipinski definition) is 6. The lowest BCUT2D eigenvalue weighted by Crippen LogP contribution is -2.38. The molecule has 0 unspecified atom stereocenters. The summed E-state index contributed by atoms with van der Waals surface area (Å²) >= 11 is 0. The van der Waals surface area contributed by atoms with Crippen molar-refractivity contribution in [1.29, 1.82) is 0 Å². The molecule has 0 aromatic rings. The van der Waals surface area contributed by atoms with Crippen molar-refractivity contribution in [3.63, 3.8) is 0 Å². The van der Waals surface area contributed by atoms with Crippen LogP contribution in [0.3, 0.4) is 0 Å². The van der Waals surface area contributed by atoms with Gasteiger partial charge >= 0.3 is 5.97 Å². The Balaban J connectivity index is 3.72. The zero-order valence-corrected chi connectivity index (χ0v) is 8.05. The lowest BCUT2D eigenvalue weighted by atomic mass is 10.3. The Morgan fingerprint density at radius 2 is 1.80 bits per heavy atom. The third-order valence-electron chi connectivity index (χ3n) is 1.50. The maximum Gasteiger partial charge on any atom is 0.304 e. The van der Waals surface area contributed by atoms with Crippen LogP contribution in [0.5, 0.6) is 0 Å². The topological polar surface area (TPSA) is 102 Å². The summed E-state index contributed by atoms with van der Waals surface area (Å²) < 4.78 is 8.93. The second kappa shape index (κ2) is 8.95. The van der Waals surface area contributed by atoms with Crippen molar-refractivity contribution in [2.45, 2.75) is 12.5 Å². The Hall–Kier alpha value is -1.63. The summed E-state index contributed by atoms with van der Waals surface area (Å²) in [5.41, 5.74) is 0. The predicted molar refractivity (Wildman–Crippen MR) is 48.1 cm³/mol. The highest BCUT2D eigenvalue weighted by atomic mass is 16.5. The summed E-state index contributed by atoms with van der Waals surface area (Å²) in [5, 5.41) is 11.1. The van der Waals surface area contributed by atoms with Gasteiger partial charge in [0.15, 0.2) is 0 Å². The molecule has 0 atom stereocenters. The summed E-state index contributed by atoms with van der Waals surface area (Å²) in [6, 6.07) is -0.389. The molecule has 0 heterocycles. The van der Waals surface area contributed by atoms with Gasteiger partial charge < -0.3 is 19.9 Å². The van der Waals surface area contributed by atoms with Crippen LogP contribution >= 0.6 is 0 Å². The van der Waals surface area contributed by atoms with Crippen LogP contribution in [-0.4, -0.2) is 49.8 Å². The second-order valence-corrected chi connectivity index (χ2v) is 2.65. The van der Waals surface area contributed by atoms with E-state index in [4.69, 9.17) is 5.11 Å². The molecular weight excluding hydrogens is 206 g/mol. The minimum Gasteiger partial charge on any atom is -0.481 e. The van der Waals surface area contributed by atoms with Crippen molar-refractivity contribution >= 4 is 18.9 Å². The predicted octanol–water partition coefficient (Wildman–Crippen LogP) is -1.23. The van der Waals surface area contributed by atoms with Crippen molar-refractivity contribution in [2.75, 3.05) is 19.8 Å². The van der Waals surface area contributed by atoms with Crippen LogP contribution in [0.25, 0.3) is 0 Å². The van der Waals surface area contributed by atoms with Gasteiger partial charge in [-0.2, -0.15) is 0 Å². The molecular formula is C8H13NO6. The van der Waals surface area contributed by atoms with Gasteiger partial charge in [0.1, 0.15) is 13.2 Å². The van der Waals surface area contributed by atoms with E-state index in [1.165, 1.54) is 0 Å². The number of carboxylic acid groups (broad SMARTS) is 1. The number of nitrogens with one attached hydrogen (secondary N) is 1. The minimum atomic E-state index is -0.936. The number of carbonyl (C=O) groups excluding carboxylic acids is 2. The van der Waals surface area contributed by atoms with E-state index in [1.54, 1.807) is 0 Å². The number of aliphatic carboxylic acids is 1. The maximum absolute atomic E-state index is 10.2. The first-order valence-corrected chi connectivity index (χ1v) is 4.26. The van der Waals surface area contributed by atoms with Crippen LogP contribution in [0.4, 0.5) is 0 Å². The molecule has 0 rings (SSSR count). The standard InChI is InChI=1S/C8H13NO6/c10-5-14-3-7(4-15-6-11)9-2-1-8(12)13/h5-7,9H,1-4H2,(H,12,13). The highest BCUT2D eigenvalue weighted by Crippen LogP contribution is 1.87. The quantitative estimate of drug-likeness (QED) is 0.443. The summed E-state index contributed by atoms with van der Waals surface area (Å²) in [6.45, 7) is 0.803. The van der Waals surface area contributed by atoms with Gasteiger partial charge in [-0.3, -0.25) is 14.4 Å². The smallest absolute Gasteiger partial charge is 0.304 e. The SMILES string of the molecule is O=COCC(COC=O)NCCC(=O)O. The van der Waals surface area contributed by atoms with Gasteiger partial charge in [0.05, 0.1) is 12.5 Å². The normalized spacial score (nSPS) is 9.67. The van der Waals surface area contributed by atoms with E-state index in [9.17, 15) is 14.4 Å². The Bertz CT molecular complexity index is 195. The van der Waals surface area contributed by atoms with Crippen LogP contribution < -0.4 is 5.32 Å². The fraction of sp³-hybridized carbons (Fsp3) is 0.625. The first-order valence-electron chi connectivity index (χ1n) is 4.26. The summed E-state index contributed by atoms with van der Waals surface area (Å²) in [5.74, 6) is -0.936. The molecule has 86 valence electrons.